The highest BCUT2D eigenvalue weighted by atomic mass is 32.2. The summed E-state index contributed by atoms with van der Waals surface area (Å²) in [5.41, 5.74) is -0.259. The molecule has 0 unspecified atom stereocenters. The topological polar surface area (TPSA) is 56.1 Å². The van der Waals surface area contributed by atoms with Crippen LogP contribution >= 0.6 is 11.8 Å². The molecule has 2 aliphatic heterocycles. The fourth-order valence-electron chi connectivity index (χ4n) is 8.79. The van der Waals surface area contributed by atoms with E-state index in [2.05, 4.69) is 23.7 Å². The summed E-state index contributed by atoms with van der Waals surface area (Å²) in [5.74, 6) is 2.91. The molecule has 0 amide bonds. The SMILES string of the molecule is C[C@]12CC[C@@H](O)C[C@H]1CC[C@@H]1[C@@H]2CC[C@@]2(C)[C@H]1C[C@H]1SC3=NCCN3[C@]12O. The quantitative estimate of drug-likeness (QED) is 0.665. The van der Waals surface area contributed by atoms with Crippen LogP contribution in [0.1, 0.15) is 65.2 Å². The van der Waals surface area contributed by atoms with Gasteiger partial charge in [0.2, 0.25) is 0 Å². The average Bonchev–Trinajstić information content (AvgIpc) is 3.26. The van der Waals surface area contributed by atoms with Crippen LogP contribution < -0.4 is 0 Å². The number of thioether (sulfide) groups is 1. The molecule has 0 aromatic rings. The standard InChI is InChI=1S/C22H34N2O2S/c1-20-7-5-14(25)11-13(20)3-4-15-16(20)6-8-21(2)17(15)12-18-22(21,26)24-10-9-23-19(24)27-18/h13-18,25-26H,3-12H2,1-2H3/t13-,14-,15-,16+,17+,18-,20+,21+,22+/m1/s1. The van der Waals surface area contributed by atoms with Crippen LogP contribution in [-0.4, -0.2) is 50.4 Å². The Bertz CT molecular complexity index is 700. The molecule has 0 aromatic carbocycles. The lowest BCUT2D eigenvalue weighted by atomic mass is 9.44. The van der Waals surface area contributed by atoms with Crippen molar-refractivity contribution in [2.24, 2.45) is 39.5 Å². The van der Waals surface area contributed by atoms with Crippen molar-refractivity contribution in [3.05, 3.63) is 0 Å². The number of hydrogen-bond acceptors (Lipinski definition) is 5. The van der Waals surface area contributed by atoms with Crippen molar-refractivity contribution in [2.75, 3.05) is 13.1 Å². The largest absolute Gasteiger partial charge is 0.393 e. The van der Waals surface area contributed by atoms with Crippen molar-refractivity contribution in [2.45, 2.75) is 82.3 Å². The molecule has 5 fully saturated rings. The summed E-state index contributed by atoms with van der Waals surface area (Å²) < 4.78 is 0. The Morgan fingerprint density at radius 2 is 1.93 bits per heavy atom. The Morgan fingerprint density at radius 1 is 1.07 bits per heavy atom. The van der Waals surface area contributed by atoms with Crippen molar-refractivity contribution < 1.29 is 10.2 Å². The molecule has 9 atom stereocenters. The predicted molar refractivity (Wildman–Crippen MR) is 108 cm³/mol. The number of nitrogens with zero attached hydrogens (tertiary/aromatic N) is 2. The van der Waals surface area contributed by atoms with E-state index in [4.69, 9.17) is 0 Å². The van der Waals surface area contributed by atoms with E-state index in [1.54, 1.807) is 0 Å². The normalized spacial score (nSPS) is 58.8. The van der Waals surface area contributed by atoms with Crippen LogP contribution in [0.15, 0.2) is 4.99 Å². The maximum Gasteiger partial charge on any atom is 0.162 e. The predicted octanol–water partition coefficient (Wildman–Crippen LogP) is 3.48. The second-order valence-corrected chi connectivity index (χ2v) is 12.1. The van der Waals surface area contributed by atoms with Gasteiger partial charge in [0.05, 0.1) is 17.9 Å². The highest BCUT2D eigenvalue weighted by molar-refractivity contribution is 8.14. The molecule has 1 saturated heterocycles. The molecule has 6 aliphatic rings. The first kappa shape index (κ1) is 17.6. The minimum Gasteiger partial charge on any atom is -0.393 e. The summed E-state index contributed by atoms with van der Waals surface area (Å²) in [7, 11) is 0. The van der Waals surface area contributed by atoms with Crippen molar-refractivity contribution >= 4 is 16.9 Å². The maximum absolute atomic E-state index is 12.1. The maximum atomic E-state index is 12.1. The number of aliphatic imine (C=N–C) groups is 1. The summed E-state index contributed by atoms with van der Waals surface area (Å²) in [4.78, 5) is 6.95. The van der Waals surface area contributed by atoms with Gasteiger partial charge >= 0.3 is 0 Å². The molecule has 0 spiro atoms. The van der Waals surface area contributed by atoms with E-state index < -0.39 is 5.72 Å². The van der Waals surface area contributed by atoms with E-state index in [0.29, 0.717) is 22.5 Å². The van der Waals surface area contributed by atoms with Gasteiger partial charge in [-0.1, -0.05) is 25.6 Å². The smallest absolute Gasteiger partial charge is 0.162 e. The van der Waals surface area contributed by atoms with E-state index >= 15 is 0 Å². The number of rotatable bonds is 0. The van der Waals surface area contributed by atoms with E-state index in [-0.39, 0.29) is 11.5 Å². The zero-order valence-corrected chi connectivity index (χ0v) is 17.5. The Labute approximate surface area is 167 Å². The Morgan fingerprint density at radius 3 is 2.78 bits per heavy atom. The van der Waals surface area contributed by atoms with Gasteiger partial charge < -0.3 is 15.1 Å². The number of amidine groups is 1. The van der Waals surface area contributed by atoms with Gasteiger partial charge in [-0.25, -0.2) is 0 Å². The summed E-state index contributed by atoms with van der Waals surface area (Å²) in [6, 6.07) is 0. The molecule has 0 bridgehead atoms. The average molecular weight is 391 g/mol. The molecule has 4 nitrogen and oxygen atoms in total. The number of aliphatic hydroxyl groups is 2. The number of fused-ring (bicyclic) bond motifs is 9. The molecular weight excluding hydrogens is 356 g/mol. The Balaban J connectivity index is 1.35. The van der Waals surface area contributed by atoms with Gasteiger partial charge in [-0.3, -0.25) is 4.99 Å². The lowest BCUT2D eigenvalue weighted by Crippen LogP contribution is -2.62. The fourth-order valence-corrected chi connectivity index (χ4v) is 10.4. The minimum absolute atomic E-state index is 0.00478. The number of hydrogen-bond donors (Lipinski definition) is 2. The van der Waals surface area contributed by atoms with E-state index in [0.717, 1.165) is 55.8 Å². The first-order chi connectivity index (χ1) is 12.9. The van der Waals surface area contributed by atoms with Gasteiger partial charge in [0, 0.05) is 12.0 Å². The molecule has 150 valence electrons. The van der Waals surface area contributed by atoms with Crippen LogP contribution in [0.2, 0.25) is 0 Å². The highest BCUT2D eigenvalue weighted by Gasteiger charge is 2.73. The second kappa shape index (κ2) is 5.46. The van der Waals surface area contributed by atoms with Crippen LogP contribution in [0.25, 0.3) is 0 Å². The third-order valence-corrected chi connectivity index (χ3v) is 11.6. The van der Waals surface area contributed by atoms with E-state index in [1.165, 1.54) is 25.7 Å². The van der Waals surface area contributed by atoms with Crippen molar-refractivity contribution in [1.82, 2.24) is 4.90 Å². The Hall–Kier alpha value is -0.260. The molecule has 2 N–H and O–H groups in total. The molecule has 4 saturated carbocycles. The van der Waals surface area contributed by atoms with Gasteiger partial charge in [0.15, 0.2) is 10.9 Å². The van der Waals surface area contributed by atoms with Crippen molar-refractivity contribution in [3.8, 4) is 0 Å². The zero-order chi connectivity index (χ0) is 18.6. The second-order valence-electron chi connectivity index (χ2n) is 10.9. The van der Waals surface area contributed by atoms with Gasteiger partial charge in [-0.05, 0) is 80.5 Å². The van der Waals surface area contributed by atoms with Gasteiger partial charge in [-0.2, -0.15) is 0 Å². The first-order valence-electron chi connectivity index (χ1n) is 11.3. The Kier molecular flexibility index (Phi) is 3.55. The molecule has 0 radical (unpaired) electrons. The molecule has 0 aromatic heterocycles. The molecule has 5 heteroatoms. The van der Waals surface area contributed by atoms with Crippen LogP contribution in [0.4, 0.5) is 0 Å². The van der Waals surface area contributed by atoms with Crippen LogP contribution in [-0.2, 0) is 0 Å². The monoisotopic (exact) mass is 390 g/mol. The van der Waals surface area contributed by atoms with Crippen molar-refractivity contribution in [1.29, 1.82) is 0 Å². The first-order valence-corrected chi connectivity index (χ1v) is 12.1. The van der Waals surface area contributed by atoms with Crippen LogP contribution in [0.5, 0.6) is 0 Å². The van der Waals surface area contributed by atoms with Gasteiger partial charge in [-0.15, -0.1) is 0 Å². The van der Waals surface area contributed by atoms with E-state index in [9.17, 15) is 10.2 Å². The summed E-state index contributed by atoms with van der Waals surface area (Å²) in [6.07, 6.45) is 9.34. The van der Waals surface area contributed by atoms with E-state index in [1.807, 2.05) is 11.8 Å². The third-order valence-electron chi connectivity index (χ3n) is 10.2. The summed E-state index contributed by atoms with van der Waals surface area (Å²) in [6.45, 7) is 6.72. The molecular formula is C22H34N2O2S. The molecule has 6 rings (SSSR count). The number of aliphatic hydroxyl groups excluding tert-OH is 1. The summed E-state index contributed by atoms with van der Waals surface area (Å²) >= 11 is 1.87. The van der Waals surface area contributed by atoms with Crippen LogP contribution in [0.3, 0.4) is 0 Å². The summed E-state index contributed by atoms with van der Waals surface area (Å²) in [5, 5.41) is 23.7. The zero-order valence-electron chi connectivity index (χ0n) is 16.7. The lowest BCUT2D eigenvalue weighted by Gasteiger charge is -2.62. The van der Waals surface area contributed by atoms with Gasteiger partial charge in [0.25, 0.3) is 0 Å². The lowest BCUT2D eigenvalue weighted by molar-refractivity contribution is -0.191. The molecule has 27 heavy (non-hydrogen) atoms. The minimum atomic E-state index is -0.677. The third kappa shape index (κ3) is 1.97. The highest BCUT2D eigenvalue weighted by Crippen LogP contribution is 2.71. The molecule has 4 aliphatic carbocycles. The molecule has 2 heterocycles. The van der Waals surface area contributed by atoms with Crippen LogP contribution in [0, 0.1) is 34.5 Å². The fraction of sp³-hybridized carbons (Fsp3) is 0.955. The van der Waals surface area contributed by atoms with Gasteiger partial charge in [0.1, 0.15) is 0 Å². The van der Waals surface area contributed by atoms with Crippen molar-refractivity contribution in [3.63, 3.8) is 0 Å².